The van der Waals surface area contributed by atoms with Crippen LogP contribution in [0.2, 0.25) is 0 Å². The molecule has 0 radical (unpaired) electrons. The number of hydroxylamine groups is 2. The van der Waals surface area contributed by atoms with Gasteiger partial charge in [0.1, 0.15) is 91.6 Å². The number of aliphatic hydroxyl groups excluding tert-OH is 13. The molecule has 1 unspecified atom stereocenters. The Bertz CT molecular complexity index is 1480. The van der Waals surface area contributed by atoms with Crippen molar-refractivity contribution < 1.29 is 124 Å². The van der Waals surface area contributed by atoms with Crippen molar-refractivity contribution in [2.24, 2.45) is 0 Å². The van der Waals surface area contributed by atoms with Crippen molar-refractivity contribution in [3.8, 4) is 0 Å². The van der Waals surface area contributed by atoms with Gasteiger partial charge in [0.2, 0.25) is 0 Å². The van der Waals surface area contributed by atoms with Crippen LogP contribution in [-0.4, -0.2) is 270 Å². The molecule has 0 aromatic heterocycles. The van der Waals surface area contributed by atoms with E-state index in [0.717, 1.165) is 0 Å². The Kier molecular flexibility index (Phi) is 20.5. The molecule has 0 bridgehead atoms. The number of amides is 2. The number of nitrogens with zero attached hydrogens (tertiary/aromatic N) is 2. The summed E-state index contributed by atoms with van der Waals surface area (Å²) in [5, 5.41) is 135. The summed E-state index contributed by atoms with van der Waals surface area (Å²) in [6.07, 6.45) is -31.5. The van der Waals surface area contributed by atoms with E-state index in [1.54, 1.807) is 0 Å². The molecule has 27 nitrogen and oxygen atoms in total. The van der Waals surface area contributed by atoms with Crippen molar-refractivity contribution in [2.45, 2.75) is 168 Å². The first-order valence-corrected chi connectivity index (χ1v) is 21.5. The van der Waals surface area contributed by atoms with Crippen LogP contribution in [0.1, 0.15) is 45.4 Å². The smallest absolute Gasteiger partial charge is 0.333 e. The van der Waals surface area contributed by atoms with Gasteiger partial charge in [-0.3, -0.25) is 14.5 Å². The van der Waals surface area contributed by atoms with Gasteiger partial charge in [-0.15, -0.1) is 5.06 Å². The topological polar surface area (TPSA) is 404 Å². The van der Waals surface area contributed by atoms with Crippen LogP contribution >= 0.6 is 0 Å². The number of rotatable bonds is 22. The zero-order chi connectivity index (χ0) is 47.7. The normalized spacial score (nSPS) is 41.6. The molecule has 2 amide bonds. The van der Waals surface area contributed by atoms with E-state index in [1.165, 1.54) is 6.92 Å². The summed E-state index contributed by atoms with van der Waals surface area (Å²) in [5.74, 6) is -1.97. The molecule has 0 spiro atoms. The monoisotopic (exact) mass is 948 g/mol. The van der Waals surface area contributed by atoms with Gasteiger partial charge in [0.25, 0.3) is 11.8 Å². The summed E-state index contributed by atoms with van der Waals surface area (Å²) in [7, 11) is 0. The van der Waals surface area contributed by atoms with Crippen LogP contribution in [0.3, 0.4) is 0 Å². The molecule has 0 saturated carbocycles. The first-order valence-electron chi connectivity index (χ1n) is 21.5. The SMILES string of the molecule is C[C@@H]1O[C@@H](OCCN(CCCCCC(=O)ON2C(=O)CCC2=O)CCO[C@H]2O[C@H](CO[C@H]3O[C@H](CO)[C@@H](O)[C@H](O)[C@@H]3O)[C@@H](O)[C@H](OC3O[C@H](CO)[C@@H](O)[C@H](O)[C@@H]3O)[C@@H]2O)[C@@H](O)[C@H](O)[C@@H]1O. The van der Waals surface area contributed by atoms with Crippen LogP contribution in [0.15, 0.2) is 0 Å². The molecule has 0 aromatic carbocycles. The lowest BCUT2D eigenvalue weighted by molar-refractivity contribution is -0.366. The summed E-state index contributed by atoms with van der Waals surface area (Å²) < 4.78 is 45.1. The summed E-state index contributed by atoms with van der Waals surface area (Å²) in [5.41, 5.74) is 0. The van der Waals surface area contributed by atoms with E-state index in [9.17, 15) is 80.8 Å². The maximum atomic E-state index is 12.3. The van der Waals surface area contributed by atoms with Crippen LogP contribution in [-0.2, 0) is 57.1 Å². The molecule has 5 fully saturated rings. The number of hydrogen-bond donors (Lipinski definition) is 13. The van der Waals surface area contributed by atoms with Crippen molar-refractivity contribution >= 4 is 17.8 Å². The number of unbranched alkanes of at least 4 members (excludes halogenated alkanes) is 2. The van der Waals surface area contributed by atoms with Gasteiger partial charge in [0.15, 0.2) is 25.2 Å². The summed E-state index contributed by atoms with van der Waals surface area (Å²) in [6, 6.07) is 0. The molecule has 27 heteroatoms. The highest BCUT2D eigenvalue weighted by atomic mass is 16.8. The number of imide groups is 1. The van der Waals surface area contributed by atoms with Crippen LogP contribution in [0.4, 0.5) is 0 Å². The zero-order valence-electron chi connectivity index (χ0n) is 35.6. The van der Waals surface area contributed by atoms with Gasteiger partial charge >= 0.3 is 5.97 Å². The molecule has 13 N–H and O–H groups in total. The fourth-order valence-corrected chi connectivity index (χ4v) is 7.74. The third-order valence-electron chi connectivity index (χ3n) is 11.8. The van der Waals surface area contributed by atoms with Crippen molar-refractivity contribution in [2.75, 3.05) is 52.7 Å². The first kappa shape index (κ1) is 53.7. The summed E-state index contributed by atoms with van der Waals surface area (Å²) >= 11 is 0. The van der Waals surface area contributed by atoms with E-state index < -0.39 is 160 Å². The number of aliphatic hydroxyl groups is 13. The molecular weight excluding hydrogens is 884 g/mol. The number of hydrogen-bond acceptors (Lipinski definition) is 26. The Morgan fingerprint density at radius 2 is 1.06 bits per heavy atom. The average Bonchev–Trinajstić information content (AvgIpc) is 3.60. The van der Waals surface area contributed by atoms with E-state index in [4.69, 9.17) is 42.7 Å². The fourth-order valence-electron chi connectivity index (χ4n) is 7.74. The highest BCUT2D eigenvalue weighted by Gasteiger charge is 2.52. The lowest BCUT2D eigenvalue weighted by Gasteiger charge is -2.46. The second-order valence-corrected chi connectivity index (χ2v) is 16.5. The highest BCUT2D eigenvalue weighted by molar-refractivity contribution is 6.01. The minimum Gasteiger partial charge on any atom is -0.394 e. The molecule has 0 aromatic rings. The molecule has 0 aliphatic carbocycles. The van der Waals surface area contributed by atoms with Crippen LogP contribution in [0, 0.1) is 0 Å². The highest BCUT2D eigenvalue weighted by Crippen LogP contribution is 2.31. The van der Waals surface area contributed by atoms with Crippen molar-refractivity contribution in [3.63, 3.8) is 0 Å². The standard InChI is InChI=1S/C38H64N2O25/c1-16-23(46)27(50)30(53)35(60-16)57-11-9-39(8-4-2-3-5-22(45)65-40-20(43)6-7-21(40)44)10-12-58-37-33(56)34(64-38-32(55)29(52)25(48)18(14-42)62-38)26(49)19(63-37)15-59-36-31(54)28(51)24(47)17(13-41)61-36/h16-19,23-38,41-42,46-56H,2-15H2,1H3/t16-,17+,18+,19+,23+,24+,25+,26+,27+,28-,29-,30-,31-,32-,33-,34-,35+,36-,37-,38?/m0/s1. The first-order chi connectivity index (χ1) is 30.9. The van der Waals surface area contributed by atoms with E-state index in [1.807, 2.05) is 4.90 Å². The summed E-state index contributed by atoms with van der Waals surface area (Å²) in [6.45, 7) is -0.513. The van der Waals surface area contributed by atoms with Gasteiger partial charge < -0.3 is 109 Å². The quantitative estimate of drug-likeness (QED) is 0.0354. The van der Waals surface area contributed by atoms with Gasteiger partial charge in [-0.2, -0.15) is 0 Å². The third-order valence-corrected chi connectivity index (χ3v) is 11.8. The zero-order valence-corrected chi connectivity index (χ0v) is 35.6. The predicted octanol–water partition coefficient (Wildman–Crippen LogP) is -8.24. The summed E-state index contributed by atoms with van der Waals surface area (Å²) in [4.78, 5) is 42.6. The second kappa shape index (κ2) is 24.8. The minimum atomic E-state index is -1.95. The molecule has 20 atom stereocenters. The number of carbonyl (C=O) groups is 3. The minimum absolute atomic E-state index is 0.0480. The van der Waals surface area contributed by atoms with Crippen LogP contribution in [0.25, 0.3) is 0 Å². The molecule has 5 rings (SSSR count). The molecule has 5 heterocycles. The molecule has 5 aliphatic rings. The van der Waals surface area contributed by atoms with E-state index in [2.05, 4.69) is 0 Å². The Balaban J connectivity index is 1.23. The lowest BCUT2D eigenvalue weighted by atomic mass is 9.96. The van der Waals surface area contributed by atoms with E-state index in [-0.39, 0.29) is 45.6 Å². The number of carbonyl (C=O) groups excluding carboxylic acids is 3. The van der Waals surface area contributed by atoms with Crippen molar-refractivity contribution in [3.05, 3.63) is 0 Å². The van der Waals surface area contributed by atoms with Gasteiger partial charge in [0.05, 0.1) is 39.1 Å². The Morgan fingerprint density at radius 3 is 1.63 bits per heavy atom. The maximum absolute atomic E-state index is 12.3. The molecular formula is C38H64N2O25. The Morgan fingerprint density at radius 1 is 0.569 bits per heavy atom. The van der Waals surface area contributed by atoms with Crippen molar-refractivity contribution in [1.29, 1.82) is 0 Å². The van der Waals surface area contributed by atoms with Crippen molar-refractivity contribution in [1.82, 2.24) is 9.96 Å². The maximum Gasteiger partial charge on any atom is 0.333 e. The average molecular weight is 949 g/mol. The number of ether oxygens (including phenoxy) is 8. The van der Waals surface area contributed by atoms with E-state index >= 15 is 0 Å². The van der Waals surface area contributed by atoms with Gasteiger partial charge in [-0.25, -0.2) is 4.79 Å². The molecule has 65 heavy (non-hydrogen) atoms. The second-order valence-electron chi connectivity index (χ2n) is 16.5. The molecule has 5 saturated heterocycles. The Labute approximate surface area is 372 Å². The van der Waals surface area contributed by atoms with Gasteiger partial charge in [0, 0.05) is 32.4 Å². The molecule has 376 valence electrons. The van der Waals surface area contributed by atoms with Crippen LogP contribution < -0.4 is 0 Å². The van der Waals surface area contributed by atoms with Gasteiger partial charge in [-0.05, 0) is 26.3 Å². The molecule has 5 aliphatic heterocycles. The largest absolute Gasteiger partial charge is 0.394 e. The third kappa shape index (κ3) is 13.5. The lowest BCUT2D eigenvalue weighted by Crippen LogP contribution is -2.65. The van der Waals surface area contributed by atoms with Crippen LogP contribution in [0.5, 0.6) is 0 Å². The van der Waals surface area contributed by atoms with Gasteiger partial charge in [-0.1, -0.05) is 6.42 Å². The fraction of sp³-hybridized carbons (Fsp3) is 0.921. The predicted molar refractivity (Wildman–Crippen MR) is 205 cm³/mol. The Hall–Kier alpha value is -2.27. The van der Waals surface area contributed by atoms with E-state index in [0.29, 0.717) is 30.9 Å².